The number of rotatable bonds is 8. The minimum Gasteiger partial charge on any atom is -0.313 e. The van der Waals surface area contributed by atoms with E-state index in [2.05, 4.69) is 54.0 Å². The first-order valence-corrected chi connectivity index (χ1v) is 8.21. The maximum Gasteiger partial charge on any atom is 0.0738 e. The van der Waals surface area contributed by atoms with Crippen molar-refractivity contribution in [3.05, 3.63) is 15.9 Å². The summed E-state index contributed by atoms with van der Waals surface area (Å²) >= 11 is 3.67. The number of nitrogens with one attached hydrogen (secondary N) is 1. The van der Waals surface area contributed by atoms with Gasteiger partial charge in [-0.1, -0.05) is 27.2 Å². The fourth-order valence-corrected chi connectivity index (χ4v) is 3.07. The van der Waals surface area contributed by atoms with Crippen LogP contribution in [0.15, 0.2) is 4.47 Å². The molecular formula is C15H28BrN3. The molecule has 1 aromatic heterocycles. The van der Waals surface area contributed by atoms with Crippen molar-refractivity contribution in [3.8, 4) is 0 Å². The van der Waals surface area contributed by atoms with Crippen LogP contribution in [-0.2, 0) is 13.5 Å². The zero-order valence-electron chi connectivity index (χ0n) is 13.0. The molecule has 0 fully saturated rings. The summed E-state index contributed by atoms with van der Waals surface area (Å²) in [5, 5.41) is 8.20. The third-order valence-electron chi connectivity index (χ3n) is 3.76. The predicted molar refractivity (Wildman–Crippen MR) is 85.5 cm³/mol. The van der Waals surface area contributed by atoms with Crippen LogP contribution >= 0.6 is 15.9 Å². The first-order chi connectivity index (χ1) is 9.01. The van der Waals surface area contributed by atoms with Gasteiger partial charge in [-0.15, -0.1) is 0 Å². The highest BCUT2D eigenvalue weighted by atomic mass is 79.9. The van der Waals surface area contributed by atoms with Crippen molar-refractivity contribution in [3.63, 3.8) is 0 Å². The third-order valence-corrected chi connectivity index (χ3v) is 4.79. The molecule has 1 aromatic rings. The number of aryl methyl sites for hydroxylation is 2. The maximum absolute atomic E-state index is 4.49. The van der Waals surface area contributed by atoms with Gasteiger partial charge in [0.25, 0.3) is 0 Å². The molecule has 1 N–H and O–H groups in total. The number of halogens is 1. The lowest BCUT2D eigenvalue weighted by Crippen LogP contribution is -2.38. The van der Waals surface area contributed by atoms with Crippen molar-refractivity contribution in [2.24, 2.45) is 13.0 Å². The fourth-order valence-electron chi connectivity index (χ4n) is 2.57. The zero-order chi connectivity index (χ0) is 14.4. The van der Waals surface area contributed by atoms with Crippen LogP contribution in [0.25, 0.3) is 0 Å². The van der Waals surface area contributed by atoms with E-state index in [0.717, 1.165) is 18.7 Å². The van der Waals surface area contributed by atoms with Gasteiger partial charge in [0.1, 0.15) is 0 Å². The summed E-state index contributed by atoms with van der Waals surface area (Å²) in [5.74, 6) is 0.693. The second-order valence-corrected chi connectivity index (χ2v) is 6.29. The Morgan fingerprint density at radius 2 is 2.00 bits per heavy atom. The molecule has 0 spiro atoms. The lowest BCUT2D eigenvalue weighted by Gasteiger charge is -2.25. The molecular weight excluding hydrogens is 302 g/mol. The summed E-state index contributed by atoms with van der Waals surface area (Å²) in [6.45, 7) is 9.98. The lowest BCUT2D eigenvalue weighted by atomic mass is 9.93. The minimum atomic E-state index is 0.533. The summed E-state index contributed by atoms with van der Waals surface area (Å²) in [6, 6.07) is 0.533. The molecule has 1 rings (SSSR count). The Morgan fingerprint density at radius 1 is 1.32 bits per heavy atom. The van der Waals surface area contributed by atoms with Crippen LogP contribution in [0.3, 0.4) is 0 Å². The Labute approximate surface area is 126 Å². The van der Waals surface area contributed by atoms with E-state index >= 15 is 0 Å². The molecule has 0 saturated heterocycles. The highest BCUT2D eigenvalue weighted by Crippen LogP contribution is 2.24. The molecule has 2 atom stereocenters. The first kappa shape index (κ1) is 16.7. The topological polar surface area (TPSA) is 29.9 Å². The Balaban J connectivity index is 2.80. The average molecular weight is 330 g/mol. The summed E-state index contributed by atoms with van der Waals surface area (Å²) in [7, 11) is 2.04. The molecule has 0 radical (unpaired) electrons. The summed E-state index contributed by atoms with van der Waals surface area (Å²) in [4.78, 5) is 0. The Morgan fingerprint density at radius 3 is 2.47 bits per heavy atom. The normalized spacial score (nSPS) is 14.6. The summed E-state index contributed by atoms with van der Waals surface area (Å²) in [6.07, 6.45) is 4.74. The van der Waals surface area contributed by atoms with Gasteiger partial charge in [-0.2, -0.15) is 5.10 Å². The molecule has 0 aliphatic carbocycles. The van der Waals surface area contributed by atoms with E-state index in [0.29, 0.717) is 12.0 Å². The molecule has 1 heterocycles. The molecule has 2 unspecified atom stereocenters. The predicted octanol–water partition coefficient (Wildman–Crippen LogP) is 3.84. The van der Waals surface area contributed by atoms with Gasteiger partial charge in [0.05, 0.1) is 15.9 Å². The van der Waals surface area contributed by atoms with E-state index < -0.39 is 0 Å². The van der Waals surface area contributed by atoms with E-state index in [1.54, 1.807) is 0 Å². The van der Waals surface area contributed by atoms with Crippen molar-refractivity contribution in [2.45, 2.75) is 59.4 Å². The average Bonchev–Trinajstić information content (AvgIpc) is 2.60. The van der Waals surface area contributed by atoms with Crippen LogP contribution in [-0.4, -0.2) is 22.4 Å². The van der Waals surface area contributed by atoms with E-state index in [4.69, 9.17) is 0 Å². The van der Waals surface area contributed by atoms with E-state index in [-0.39, 0.29) is 0 Å². The molecule has 4 heteroatoms. The van der Waals surface area contributed by atoms with Crippen molar-refractivity contribution in [1.82, 2.24) is 15.1 Å². The molecule has 0 saturated carbocycles. The molecule has 0 aliphatic heterocycles. The van der Waals surface area contributed by atoms with Crippen LogP contribution < -0.4 is 5.32 Å². The molecule has 0 amide bonds. The Bertz CT molecular complexity index is 387. The van der Waals surface area contributed by atoms with Gasteiger partial charge in [-0.25, -0.2) is 0 Å². The van der Waals surface area contributed by atoms with Crippen LogP contribution in [0.5, 0.6) is 0 Å². The van der Waals surface area contributed by atoms with Gasteiger partial charge < -0.3 is 5.32 Å². The third kappa shape index (κ3) is 4.60. The monoisotopic (exact) mass is 329 g/mol. The molecule has 0 bridgehead atoms. The van der Waals surface area contributed by atoms with Crippen molar-refractivity contribution in [1.29, 1.82) is 0 Å². The summed E-state index contributed by atoms with van der Waals surface area (Å²) < 4.78 is 3.18. The van der Waals surface area contributed by atoms with Crippen LogP contribution in [0.4, 0.5) is 0 Å². The van der Waals surface area contributed by atoms with Crippen molar-refractivity contribution < 1.29 is 0 Å². The van der Waals surface area contributed by atoms with Crippen LogP contribution in [0.2, 0.25) is 0 Å². The van der Waals surface area contributed by atoms with Gasteiger partial charge in [-0.3, -0.25) is 4.68 Å². The SMILES string of the molecule is CCCNC(Cc1c(Br)c(C)nn1C)C(C)CCC. The fraction of sp³-hybridized carbons (Fsp3) is 0.800. The number of nitrogens with zero attached hydrogens (tertiary/aromatic N) is 2. The Hall–Kier alpha value is -0.350. The highest BCUT2D eigenvalue weighted by Gasteiger charge is 2.20. The molecule has 0 aliphatic rings. The van der Waals surface area contributed by atoms with Crippen molar-refractivity contribution in [2.75, 3.05) is 6.54 Å². The number of aromatic nitrogens is 2. The smallest absolute Gasteiger partial charge is 0.0738 e. The molecule has 19 heavy (non-hydrogen) atoms. The van der Waals surface area contributed by atoms with E-state index in [1.165, 1.54) is 29.4 Å². The number of hydrogen-bond acceptors (Lipinski definition) is 2. The Kier molecular flexibility index (Phi) is 7.08. The largest absolute Gasteiger partial charge is 0.313 e. The maximum atomic E-state index is 4.49. The van der Waals surface area contributed by atoms with E-state index in [1.807, 2.05) is 11.7 Å². The van der Waals surface area contributed by atoms with Gasteiger partial charge in [0.2, 0.25) is 0 Å². The van der Waals surface area contributed by atoms with Gasteiger partial charge in [-0.05, 0) is 48.2 Å². The van der Waals surface area contributed by atoms with Crippen LogP contribution in [0, 0.1) is 12.8 Å². The molecule has 0 aromatic carbocycles. The molecule has 110 valence electrons. The van der Waals surface area contributed by atoms with Gasteiger partial charge in [0, 0.05) is 19.5 Å². The van der Waals surface area contributed by atoms with E-state index in [9.17, 15) is 0 Å². The zero-order valence-corrected chi connectivity index (χ0v) is 14.5. The molecule has 3 nitrogen and oxygen atoms in total. The van der Waals surface area contributed by atoms with Gasteiger partial charge in [0.15, 0.2) is 0 Å². The summed E-state index contributed by atoms with van der Waals surface area (Å²) in [5.41, 5.74) is 2.38. The quantitative estimate of drug-likeness (QED) is 0.785. The van der Waals surface area contributed by atoms with Crippen LogP contribution in [0.1, 0.15) is 51.4 Å². The number of hydrogen-bond donors (Lipinski definition) is 1. The van der Waals surface area contributed by atoms with Gasteiger partial charge >= 0.3 is 0 Å². The first-order valence-electron chi connectivity index (χ1n) is 7.42. The standard InChI is InChI=1S/C15H28BrN3/c1-6-8-11(3)13(17-9-7-2)10-14-15(16)12(4)18-19(14)5/h11,13,17H,6-10H2,1-5H3. The second-order valence-electron chi connectivity index (χ2n) is 5.50. The second kappa shape index (κ2) is 8.05. The lowest BCUT2D eigenvalue weighted by molar-refractivity contribution is 0.347. The van der Waals surface area contributed by atoms with Crippen molar-refractivity contribution >= 4 is 15.9 Å². The minimum absolute atomic E-state index is 0.533. The highest BCUT2D eigenvalue weighted by molar-refractivity contribution is 9.10.